The van der Waals surface area contributed by atoms with Crippen molar-refractivity contribution in [1.82, 2.24) is 4.98 Å². The molecule has 2 atom stereocenters. The van der Waals surface area contributed by atoms with Crippen LogP contribution in [0.2, 0.25) is 5.02 Å². The van der Waals surface area contributed by atoms with Crippen LogP contribution in [0.5, 0.6) is 0 Å². The third kappa shape index (κ3) is 2.81. The molecule has 1 aliphatic heterocycles. The van der Waals surface area contributed by atoms with Crippen LogP contribution in [-0.4, -0.2) is 22.9 Å². The maximum absolute atomic E-state index is 6.06. The number of nitrogen functional groups attached to an aromatic ring is 1. The monoisotopic (exact) mass is 258 g/mol. The first-order valence-electron chi connectivity index (χ1n) is 5.31. The molecule has 0 aromatic carbocycles. The van der Waals surface area contributed by atoms with Gasteiger partial charge < -0.3 is 10.5 Å². The van der Waals surface area contributed by atoms with Gasteiger partial charge in [-0.05, 0) is 25.5 Å². The van der Waals surface area contributed by atoms with E-state index in [1.807, 2.05) is 11.8 Å². The lowest BCUT2D eigenvalue weighted by molar-refractivity contribution is 0.127. The highest BCUT2D eigenvalue weighted by Crippen LogP contribution is 2.30. The lowest BCUT2D eigenvalue weighted by Gasteiger charge is -2.13. The van der Waals surface area contributed by atoms with E-state index >= 15 is 0 Å². The standard InChI is InChI=1S/C11H15ClN2OS/c1-7-10(4-5-15-7)16-6-9-8(12)2-3-11(13)14-9/h2-3,7,10H,4-6H2,1H3,(H2,13,14). The van der Waals surface area contributed by atoms with Crippen molar-refractivity contribution in [3.63, 3.8) is 0 Å². The van der Waals surface area contributed by atoms with E-state index in [1.54, 1.807) is 12.1 Å². The molecule has 0 bridgehead atoms. The SMILES string of the molecule is CC1OCCC1SCc1nc(N)ccc1Cl. The number of hydrogen-bond donors (Lipinski definition) is 1. The maximum Gasteiger partial charge on any atom is 0.123 e. The van der Waals surface area contributed by atoms with Gasteiger partial charge in [0, 0.05) is 17.6 Å². The summed E-state index contributed by atoms with van der Waals surface area (Å²) in [5.41, 5.74) is 6.50. The van der Waals surface area contributed by atoms with Crippen molar-refractivity contribution in [2.75, 3.05) is 12.3 Å². The maximum atomic E-state index is 6.06. The summed E-state index contributed by atoms with van der Waals surface area (Å²) in [4.78, 5) is 4.24. The van der Waals surface area contributed by atoms with Crippen LogP contribution in [0.4, 0.5) is 5.82 Å². The van der Waals surface area contributed by atoms with E-state index in [9.17, 15) is 0 Å². The molecule has 5 heteroatoms. The molecule has 0 radical (unpaired) electrons. The van der Waals surface area contributed by atoms with Crippen LogP contribution in [0.3, 0.4) is 0 Å². The van der Waals surface area contributed by atoms with Gasteiger partial charge >= 0.3 is 0 Å². The van der Waals surface area contributed by atoms with Crippen molar-refractivity contribution in [2.24, 2.45) is 0 Å². The molecule has 2 unspecified atom stereocenters. The Morgan fingerprint density at radius 2 is 2.44 bits per heavy atom. The third-order valence-electron chi connectivity index (χ3n) is 2.68. The smallest absolute Gasteiger partial charge is 0.123 e. The Morgan fingerprint density at radius 1 is 1.62 bits per heavy atom. The van der Waals surface area contributed by atoms with Crippen LogP contribution >= 0.6 is 23.4 Å². The van der Waals surface area contributed by atoms with Gasteiger partial charge in [-0.2, -0.15) is 0 Å². The Labute approximate surface area is 105 Å². The minimum absolute atomic E-state index is 0.324. The van der Waals surface area contributed by atoms with E-state index in [1.165, 1.54) is 0 Å². The van der Waals surface area contributed by atoms with Crippen LogP contribution < -0.4 is 5.73 Å². The molecule has 1 aromatic heterocycles. The zero-order chi connectivity index (χ0) is 11.5. The van der Waals surface area contributed by atoms with E-state index in [-0.39, 0.29) is 0 Å². The number of nitrogens with two attached hydrogens (primary N) is 1. The van der Waals surface area contributed by atoms with Crippen molar-refractivity contribution < 1.29 is 4.74 Å². The topological polar surface area (TPSA) is 48.1 Å². The molecule has 1 aromatic rings. The lowest BCUT2D eigenvalue weighted by atomic mass is 10.3. The summed E-state index contributed by atoms with van der Waals surface area (Å²) in [7, 11) is 0. The largest absolute Gasteiger partial charge is 0.384 e. The van der Waals surface area contributed by atoms with E-state index in [2.05, 4.69) is 11.9 Å². The second-order valence-corrected chi connectivity index (χ2v) is 5.51. The van der Waals surface area contributed by atoms with Gasteiger partial charge in [0.15, 0.2) is 0 Å². The molecule has 88 valence electrons. The molecule has 3 nitrogen and oxygen atoms in total. The summed E-state index contributed by atoms with van der Waals surface area (Å²) in [6.07, 6.45) is 1.43. The molecule has 16 heavy (non-hydrogen) atoms. The Morgan fingerprint density at radius 3 is 3.12 bits per heavy atom. The van der Waals surface area contributed by atoms with Gasteiger partial charge in [0.1, 0.15) is 5.82 Å². The Bertz CT molecular complexity index is 375. The predicted molar refractivity (Wildman–Crippen MR) is 68.8 cm³/mol. The van der Waals surface area contributed by atoms with Crippen molar-refractivity contribution in [3.05, 3.63) is 22.8 Å². The molecule has 0 spiro atoms. The minimum atomic E-state index is 0.324. The molecule has 2 heterocycles. The summed E-state index contributed by atoms with van der Waals surface area (Å²) >= 11 is 7.90. The molecule has 2 N–H and O–H groups in total. The fourth-order valence-electron chi connectivity index (χ4n) is 1.72. The fraction of sp³-hybridized carbons (Fsp3) is 0.545. The average molecular weight is 259 g/mol. The zero-order valence-corrected chi connectivity index (χ0v) is 10.7. The van der Waals surface area contributed by atoms with Crippen LogP contribution in [0.25, 0.3) is 0 Å². The Balaban J connectivity index is 1.96. The van der Waals surface area contributed by atoms with Crippen molar-refractivity contribution >= 4 is 29.2 Å². The van der Waals surface area contributed by atoms with Gasteiger partial charge in [-0.15, -0.1) is 11.8 Å². The summed E-state index contributed by atoms with van der Waals surface area (Å²) in [5, 5.41) is 1.23. The molecule has 1 fully saturated rings. The second-order valence-electron chi connectivity index (χ2n) is 3.88. The van der Waals surface area contributed by atoms with E-state index in [0.717, 1.165) is 24.5 Å². The lowest BCUT2D eigenvalue weighted by Crippen LogP contribution is -2.13. The van der Waals surface area contributed by atoms with Crippen LogP contribution in [0, 0.1) is 0 Å². The first kappa shape index (κ1) is 12.0. The van der Waals surface area contributed by atoms with E-state index < -0.39 is 0 Å². The highest BCUT2D eigenvalue weighted by Gasteiger charge is 2.24. The van der Waals surface area contributed by atoms with Crippen LogP contribution in [0.1, 0.15) is 19.0 Å². The number of thioether (sulfide) groups is 1. The van der Waals surface area contributed by atoms with Crippen molar-refractivity contribution in [3.8, 4) is 0 Å². The summed E-state index contributed by atoms with van der Waals surface area (Å²) in [5.74, 6) is 1.32. The third-order valence-corrected chi connectivity index (χ3v) is 4.51. The number of pyridine rings is 1. The van der Waals surface area contributed by atoms with E-state index in [0.29, 0.717) is 22.2 Å². The van der Waals surface area contributed by atoms with Crippen LogP contribution in [0.15, 0.2) is 12.1 Å². The second kappa shape index (κ2) is 5.25. The summed E-state index contributed by atoms with van der Waals surface area (Å²) < 4.78 is 5.51. The van der Waals surface area contributed by atoms with Gasteiger partial charge in [-0.25, -0.2) is 4.98 Å². The zero-order valence-electron chi connectivity index (χ0n) is 9.15. The molecular formula is C11H15ClN2OS. The quantitative estimate of drug-likeness (QED) is 0.906. The summed E-state index contributed by atoms with van der Waals surface area (Å²) in [6.45, 7) is 2.97. The number of anilines is 1. The fourth-order valence-corrected chi connectivity index (χ4v) is 3.18. The number of hydrogen-bond acceptors (Lipinski definition) is 4. The average Bonchev–Trinajstić information content (AvgIpc) is 2.66. The number of rotatable bonds is 3. The molecule has 2 rings (SSSR count). The highest BCUT2D eigenvalue weighted by atomic mass is 35.5. The van der Waals surface area contributed by atoms with Crippen LogP contribution in [-0.2, 0) is 10.5 Å². The number of ether oxygens (including phenoxy) is 1. The minimum Gasteiger partial charge on any atom is -0.384 e. The molecule has 0 aliphatic carbocycles. The first-order chi connectivity index (χ1) is 7.66. The number of aromatic nitrogens is 1. The van der Waals surface area contributed by atoms with Crippen molar-refractivity contribution in [2.45, 2.75) is 30.5 Å². The number of halogens is 1. The summed E-state index contributed by atoms with van der Waals surface area (Å²) in [6, 6.07) is 3.52. The Hall–Kier alpha value is -0.450. The first-order valence-corrected chi connectivity index (χ1v) is 6.73. The number of nitrogens with zero attached hydrogens (tertiary/aromatic N) is 1. The van der Waals surface area contributed by atoms with Gasteiger partial charge in [-0.1, -0.05) is 11.6 Å². The normalized spacial score (nSPS) is 24.9. The van der Waals surface area contributed by atoms with Gasteiger partial charge in [0.2, 0.25) is 0 Å². The van der Waals surface area contributed by atoms with Gasteiger partial charge in [0.05, 0.1) is 16.8 Å². The molecule has 1 aliphatic rings. The highest BCUT2D eigenvalue weighted by molar-refractivity contribution is 7.99. The Kier molecular flexibility index (Phi) is 3.95. The molecule has 1 saturated heterocycles. The van der Waals surface area contributed by atoms with Gasteiger partial charge in [0.25, 0.3) is 0 Å². The van der Waals surface area contributed by atoms with E-state index in [4.69, 9.17) is 22.1 Å². The predicted octanol–water partition coefficient (Wildman–Crippen LogP) is 2.73. The molecule has 0 saturated carbocycles. The molecule has 0 amide bonds. The van der Waals surface area contributed by atoms with Gasteiger partial charge in [-0.3, -0.25) is 0 Å². The molecular weight excluding hydrogens is 244 g/mol. The van der Waals surface area contributed by atoms with Crippen molar-refractivity contribution in [1.29, 1.82) is 0 Å².